The van der Waals surface area contributed by atoms with Crippen LogP contribution in [0.5, 0.6) is 0 Å². The Kier molecular flexibility index (Phi) is 5.38. The predicted octanol–water partition coefficient (Wildman–Crippen LogP) is 4.77. The van der Waals surface area contributed by atoms with Crippen molar-refractivity contribution in [2.45, 2.75) is 32.7 Å². The van der Waals surface area contributed by atoms with Crippen LogP contribution in [0.1, 0.15) is 36.1 Å². The molecule has 1 N–H and O–H groups in total. The van der Waals surface area contributed by atoms with Crippen LogP contribution in [0.25, 0.3) is 0 Å². The lowest BCUT2D eigenvalue weighted by Crippen LogP contribution is -2.24. The maximum Gasteiger partial charge on any atom is 0.173 e. The van der Waals surface area contributed by atoms with Crippen molar-refractivity contribution in [1.82, 2.24) is 5.32 Å². The van der Waals surface area contributed by atoms with E-state index in [-0.39, 0.29) is 11.9 Å². The summed E-state index contributed by atoms with van der Waals surface area (Å²) >= 11 is 3.42. The molecular weight excluding hydrogens is 321 g/mol. The van der Waals surface area contributed by atoms with E-state index in [2.05, 4.69) is 28.2 Å². The molecule has 2 aromatic rings. The van der Waals surface area contributed by atoms with Crippen LogP contribution in [0.4, 0.5) is 4.39 Å². The first-order chi connectivity index (χ1) is 9.61. The zero-order chi connectivity index (χ0) is 14.5. The molecule has 1 unspecified atom stereocenters. The van der Waals surface area contributed by atoms with Crippen LogP contribution in [0.15, 0.2) is 39.6 Å². The van der Waals surface area contributed by atoms with Crippen LogP contribution < -0.4 is 5.32 Å². The second-order valence-corrected chi connectivity index (χ2v) is 5.65. The molecule has 108 valence electrons. The molecule has 0 aliphatic heterocycles. The Balaban J connectivity index is 2.23. The Morgan fingerprint density at radius 3 is 2.80 bits per heavy atom. The number of hydrogen-bond acceptors (Lipinski definition) is 2. The maximum absolute atomic E-state index is 13.4. The van der Waals surface area contributed by atoms with Crippen LogP contribution >= 0.6 is 15.9 Å². The standard InChI is InChI=1S/C16H19BrFNO/c1-3-7-19-15(14-6-8-20-16(14)17)10-12-9-13(18)5-4-11(12)2/h4-6,8-9,15,19H,3,7,10H2,1-2H3. The summed E-state index contributed by atoms with van der Waals surface area (Å²) in [4.78, 5) is 0. The molecule has 0 aliphatic rings. The number of aryl methyl sites for hydroxylation is 1. The Bertz CT molecular complexity index is 567. The van der Waals surface area contributed by atoms with Gasteiger partial charge in [-0.1, -0.05) is 13.0 Å². The molecule has 1 aromatic carbocycles. The van der Waals surface area contributed by atoms with Gasteiger partial charge in [-0.05, 0) is 71.6 Å². The molecule has 0 aliphatic carbocycles. The van der Waals surface area contributed by atoms with Crippen LogP contribution in [0, 0.1) is 12.7 Å². The average molecular weight is 340 g/mol. The normalized spacial score (nSPS) is 12.6. The average Bonchev–Trinajstić information content (AvgIpc) is 2.84. The predicted molar refractivity (Wildman–Crippen MR) is 82.3 cm³/mol. The molecule has 4 heteroatoms. The lowest BCUT2D eigenvalue weighted by molar-refractivity contribution is 0.496. The van der Waals surface area contributed by atoms with E-state index < -0.39 is 0 Å². The van der Waals surface area contributed by atoms with Crippen LogP contribution in [0.2, 0.25) is 0 Å². The number of hydrogen-bond donors (Lipinski definition) is 1. The third-order valence-electron chi connectivity index (χ3n) is 3.40. The number of furan rings is 1. The van der Waals surface area contributed by atoms with Gasteiger partial charge in [0.1, 0.15) is 5.82 Å². The minimum Gasteiger partial charge on any atom is -0.457 e. The van der Waals surface area contributed by atoms with Crippen molar-refractivity contribution >= 4 is 15.9 Å². The Morgan fingerprint density at radius 2 is 2.15 bits per heavy atom. The Morgan fingerprint density at radius 1 is 1.35 bits per heavy atom. The quantitative estimate of drug-likeness (QED) is 0.819. The summed E-state index contributed by atoms with van der Waals surface area (Å²) < 4.78 is 19.5. The van der Waals surface area contributed by atoms with Crippen molar-refractivity contribution in [2.75, 3.05) is 6.54 Å². The lowest BCUT2D eigenvalue weighted by Gasteiger charge is -2.19. The van der Waals surface area contributed by atoms with Gasteiger partial charge in [-0.3, -0.25) is 0 Å². The first-order valence-corrected chi connectivity index (χ1v) is 7.62. The molecule has 0 bridgehead atoms. The number of halogens is 2. The van der Waals surface area contributed by atoms with E-state index in [4.69, 9.17) is 4.42 Å². The highest BCUT2D eigenvalue weighted by Crippen LogP contribution is 2.28. The van der Waals surface area contributed by atoms with Gasteiger partial charge in [0, 0.05) is 11.6 Å². The fourth-order valence-electron chi connectivity index (χ4n) is 2.24. The second-order valence-electron chi connectivity index (χ2n) is 4.93. The van der Waals surface area contributed by atoms with E-state index >= 15 is 0 Å². The summed E-state index contributed by atoms with van der Waals surface area (Å²) in [7, 11) is 0. The fourth-order valence-corrected chi connectivity index (χ4v) is 2.76. The molecule has 0 saturated heterocycles. The Labute approximate surface area is 127 Å². The first-order valence-electron chi connectivity index (χ1n) is 6.83. The van der Waals surface area contributed by atoms with Crippen molar-refractivity contribution in [3.63, 3.8) is 0 Å². The van der Waals surface area contributed by atoms with Gasteiger partial charge >= 0.3 is 0 Å². The van der Waals surface area contributed by atoms with Gasteiger partial charge in [0.05, 0.1) is 6.26 Å². The van der Waals surface area contributed by atoms with Crippen molar-refractivity contribution < 1.29 is 8.81 Å². The van der Waals surface area contributed by atoms with Gasteiger partial charge < -0.3 is 9.73 Å². The molecular formula is C16H19BrFNO. The fraction of sp³-hybridized carbons (Fsp3) is 0.375. The zero-order valence-electron chi connectivity index (χ0n) is 11.7. The molecule has 0 amide bonds. The second kappa shape index (κ2) is 7.04. The number of benzene rings is 1. The summed E-state index contributed by atoms with van der Waals surface area (Å²) in [5.74, 6) is -0.189. The van der Waals surface area contributed by atoms with Crippen molar-refractivity contribution in [3.05, 3.63) is 57.7 Å². The minimum atomic E-state index is -0.189. The molecule has 0 radical (unpaired) electrons. The monoisotopic (exact) mass is 339 g/mol. The van der Waals surface area contributed by atoms with Gasteiger partial charge in [0.15, 0.2) is 4.67 Å². The van der Waals surface area contributed by atoms with E-state index in [1.54, 1.807) is 12.3 Å². The lowest BCUT2D eigenvalue weighted by atomic mass is 9.97. The maximum atomic E-state index is 13.4. The third kappa shape index (κ3) is 3.70. The van der Waals surface area contributed by atoms with E-state index in [9.17, 15) is 4.39 Å². The number of nitrogens with one attached hydrogen (secondary N) is 1. The molecule has 2 nitrogen and oxygen atoms in total. The molecule has 0 spiro atoms. The minimum absolute atomic E-state index is 0.114. The van der Waals surface area contributed by atoms with Gasteiger partial charge in [-0.2, -0.15) is 0 Å². The highest BCUT2D eigenvalue weighted by molar-refractivity contribution is 9.10. The first kappa shape index (κ1) is 15.3. The Hall–Kier alpha value is -1.13. The molecule has 0 saturated carbocycles. The smallest absolute Gasteiger partial charge is 0.173 e. The van der Waals surface area contributed by atoms with Crippen molar-refractivity contribution in [3.8, 4) is 0 Å². The molecule has 1 heterocycles. The third-order valence-corrected chi connectivity index (χ3v) is 4.04. The van der Waals surface area contributed by atoms with E-state index in [0.29, 0.717) is 0 Å². The van der Waals surface area contributed by atoms with E-state index in [1.807, 2.05) is 19.1 Å². The van der Waals surface area contributed by atoms with Gasteiger partial charge in [0.2, 0.25) is 0 Å². The summed E-state index contributed by atoms with van der Waals surface area (Å²) in [6.07, 6.45) is 3.45. The van der Waals surface area contributed by atoms with Crippen molar-refractivity contribution in [2.24, 2.45) is 0 Å². The van der Waals surface area contributed by atoms with Gasteiger partial charge in [-0.25, -0.2) is 4.39 Å². The highest BCUT2D eigenvalue weighted by atomic mass is 79.9. The topological polar surface area (TPSA) is 25.2 Å². The summed E-state index contributed by atoms with van der Waals surface area (Å²) in [6, 6.07) is 7.01. The molecule has 2 rings (SSSR count). The van der Waals surface area contributed by atoms with Crippen LogP contribution in [-0.2, 0) is 6.42 Å². The molecule has 1 aromatic heterocycles. The van der Waals surface area contributed by atoms with Crippen molar-refractivity contribution in [1.29, 1.82) is 0 Å². The molecule has 0 fully saturated rings. The zero-order valence-corrected chi connectivity index (χ0v) is 13.3. The SMILES string of the molecule is CCCNC(Cc1cc(F)ccc1C)c1ccoc1Br. The van der Waals surface area contributed by atoms with E-state index in [0.717, 1.165) is 40.7 Å². The number of rotatable bonds is 6. The largest absolute Gasteiger partial charge is 0.457 e. The summed E-state index contributed by atoms with van der Waals surface area (Å²) in [5, 5.41) is 3.50. The molecule has 20 heavy (non-hydrogen) atoms. The van der Waals surface area contributed by atoms with Gasteiger partial charge in [0.25, 0.3) is 0 Å². The van der Waals surface area contributed by atoms with Gasteiger partial charge in [-0.15, -0.1) is 0 Å². The van der Waals surface area contributed by atoms with Crippen LogP contribution in [-0.4, -0.2) is 6.54 Å². The summed E-state index contributed by atoms with van der Waals surface area (Å²) in [5.41, 5.74) is 3.20. The highest BCUT2D eigenvalue weighted by Gasteiger charge is 2.17. The molecule has 1 atom stereocenters. The van der Waals surface area contributed by atoms with Crippen LogP contribution in [0.3, 0.4) is 0 Å². The summed E-state index contributed by atoms with van der Waals surface area (Å²) in [6.45, 7) is 5.05. The van der Waals surface area contributed by atoms with E-state index in [1.165, 1.54) is 6.07 Å².